The average Bonchev–Trinajstić information content (AvgIpc) is 2.59. The van der Waals surface area contributed by atoms with Crippen LogP contribution in [0.2, 0.25) is 0 Å². The number of ether oxygens (including phenoxy) is 2. The zero-order valence-electron chi connectivity index (χ0n) is 15.5. The van der Waals surface area contributed by atoms with E-state index in [0.29, 0.717) is 18.1 Å². The molecule has 1 aromatic rings. The summed E-state index contributed by atoms with van der Waals surface area (Å²) < 4.78 is 10.8. The number of carbonyl (C=O) groups is 1. The van der Waals surface area contributed by atoms with Crippen molar-refractivity contribution < 1.29 is 19.1 Å². The van der Waals surface area contributed by atoms with Crippen LogP contribution in [-0.4, -0.2) is 49.4 Å². The van der Waals surface area contributed by atoms with Crippen molar-refractivity contribution in [2.24, 2.45) is 5.16 Å². The summed E-state index contributed by atoms with van der Waals surface area (Å²) in [7, 11) is 1.59. The number of oxime groups is 1. The largest absolute Gasteiger partial charge is 0.493 e. The van der Waals surface area contributed by atoms with Crippen LogP contribution in [0.15, 0.2) is 23.4 Å². The number of likely N-dealkylation sites (tertiary alicyclic amines) is 1. The average molecular weight is 348 g/mol. The fraction of sp³-hybridized carbons (Fsp3) is 0.579. The second-order valence-electron chi connectivity index (χ2n) is 6.28. The monoisotopic (exact) mass is 348 g/mol. The first-order valence-corrected chi connectivity index (χ1v) is 8.84. The molecule has 0 saturated carbocycles. The number of carbonyl (C=O) groups excluding carboxylic acids is 1. The zero-order chi connectivity index (χ0) is 18.2. The van der Waals surface area contributed by atoms with Crippen LogP contribution >= 0.6 is 0 Å². The summed E-state index contributed by atoms with van der Waals surface area (Å²) >= 11 is 0. The molecule has 2 rings (SSSR count). The van der Waals surface area contributed by atoms with Crippen molar-refractivity contribution in [3.05, 3.63) is 23.8 Å². The van der Waals surface area contributed by atoms with E-state index in [1.54, 1.807) is 13.3 Å². The summed E-state index contributed by atoms with van der Waals surface area (Å²) in [6, 6.07) is 6.02. The van der Waals surface area contributed by atoms with E-state index in [2.05, 4.69) is 19.0 Å². The maximum absolute atomic E-state index is 12.3. The van der Waals surface area contributed by atoms with Gasteiger partial charge in [-0.15, -0.1) is 0 Å². The van der Waals surface area contributed by atoms with Crippen molar-refractivity contribution in [2.75, 3.05) is 20.3 Å². The van der Waals surface area contributed by atoms with E-state index in [1.165, 1.54) is 6.42 Å². The molecule has 1 aliphatic rings. The van der Waals surface area contributed by atoms with Crippen molar-refractivity contribution in [1.29, 1.82) is 0 Å². The van der Waals surface area contributed by atoms with Gasteiger partial charge in [0.05, 0.1) is 19.9 Å². The summed E-state index contributed by atoms with van der Waals surface area (Å²) in [5.74, 6) is 1.31. The lowest BCUT2D eigenvalue weighted by molar-refractivity contribution is -0.142. The first-order valence-electron chi connectivity index (χ1n) is 8.84. The van der Waals surface area contributed by atoms with Crippen LogP contribution in [0.5, 0.6) is 11.5 Å². The number of methoxy groups -OCH3 is 1. The van der Waals surface area contributed by atoms with Crippen LogP contribution in [0.25, 0.3) is 0 Å². The fourth-order valence-corrected chi connectivity index (χ4v) is 3.22. The molecule has 0 aromatic heterocycles. The van der Waals surface area contributed by atoms with E-state index >= 15 is 0 Å². The normalized spacial score (nSPS) is 20.6. The molecule has 1 amide bonds. The Hall–Kier alpha value is -2.24. The number of hydrogen-bond acceptors (Lipinski definition) is 5. The second-order valence-corrected chi connectivity index (χ2v) is 6.28. The van der Waals surface area contributed by atoms with Crippen LogP contribution in [-0.2, 0) is 9.63 Å². The van der Waals surface area contributed by atoms with Crippen molar-refractivity contribution in [2.45, 2.75) is 52.1 Å². The van der Waals surface area contributed by atoms with Gasteiger partial charge >= 0.3 is 0 Å². The predicted molar refractivity (Wildman–Crippen MR) is 97.3 cm³/mol. The molecule has 0 N–H and O–H groups in total. The van der Waals surface area contributed by atoms with Crippen LogP contribution in [0.4, 0.5) is 0 Å². The molecule has 1 heterocycles. The number of rotatable bonds is 7. The van der Waals surface area contributed by atoms with Gasteiger partial charge in [-0.25, -0.2) is 0 Å². The molecule has 2 atom stereocenters. The number of piperidine rings is 1. The van der Waals surface area contributed by atoms with E-state index < -0.39 is 0 Å². The third kappa shape index (κ3) is 5.11. The summed E-state index contributed by atoms with van der Waals surface area (Å²) in [5.41, 5.74) is 0.812. The van der Waals surface area contributed by atoms with E-state index in [4.69, 9.17) is 14.3 Å². The lowest BCUT2D eigenvalue weighted by Gasteiger charge is -2.38. The minimum Gasteiger partial charge on any atom is -0.493 e. The molecule has 1 aromatic carbocycles. The van der Waals surface area contributed by atoms with Crippen LogP contribution in [0.3, 0.4) is 0 Å². The summed E-state index contributed by atoms with van der Waals surface area (Å²) in [6.07, 6.45) is 4.83. The molecule has 6 heteroatoms. The Morgan fingerprint density at radius 3 is 2.64 bits per heavy atom. The molecule has 0 bridgehead atoms. The van der Waals surface area contributed by atoms with E-state index in [-0.39, 0.29) is 24.6 Å². The Bertz CT molecular complexity index is 593. The van der Waals surface area contributed by atoms with Crippen LogP contribution in [0, 0.1) is 0 Å². The topological polar surface area (TPSA) is 60.4 Å². The van der Waals surface area contributed by atoms with Gasteiger partial charge in [-0.2, -0.15) is 0 Å². The maximum Gasteiger partial charge on any atom is 0.263 e. The van der Waals surface area contributed by atoms with Gasteiger partial charge in [-0.3, -0.25) is 4.79 Å². The van der Waals surface area contributed by atoms with Crippen LogP contribution in [0.1, 0.15) is 45.6 Å². The second kappa shape index (κ2) is 9.30. The van der Waals surface area contributed by atoms with Gasteiger partial charge in [-0.1, -0.05) is 5.16 Å². The molecule has 0 unspecified atom stereocenters. The SMILES string of the molecule is CCOc1ccc(/C=N\OCC(=O)N2[C@H](C)CCC[C@@H]2C)cc1OC. The zero-order valence-corrected chi connectivity index (χ0v) is 15.5. The van der Waals surface area contributed by atoms with Gasteiger partial charge in [0.2, 0.25) is 0 Å². The van der Waals surface area contributed by atoms with Crippen molar-refractivity contribution in [1.82, 2.24) is 4.90 Å². The standard InChI is InChI=1S/C19H28N2O4/c1-5-24-17-10-9-16(11-18(17)23-4)12-20-25-13-19(22)21-14(2)7-6-8-15(21)3/h9-12,14-15H,5-8,13H2,1-4H3/b20-12-/t14-,15+. The molecule has 6 nitrogen and oxygen atoms in total. The summed E-state index contributed by atoms with van der Waals surface area (Å²) in [4.78, 5) is 19.5. The lowest BCUT2D eigenvalue weighted by atomic mass is 9.97. The Labute approximate surface area is 149 Å². The molecule has 1 saturated heterocycles. The highest BCUT2D eigenvalue weighted by atomic mass is 16.6. The van der Waals surface area contributed by atoms with Gasteiger partial charge in [0, 0.05) is 17.6 Å². The third-order valence-corrected chi connectivity index (χ3v) is 4.43. The molecule has 0 aliphatic carbocycles. The van der Waals surface area contributed by atoms with E-state index in [9.17, 15) is 4.79 Å². The lowest BCUT2D eigenvalue weighted by Crippen LogP contribution is -2.48. The first kappa shape index (κ1) is 19.1. The third-order valence-electron chi connectivity index (χ3n) is 4.43. The minimum absolute atomic E-state index is 0.0128. The maximum atomic E-state index is 12.3. The molecule has 0 spiro atoms. The molecular weight excluding hydrogens is 320 g/mol. The van der Waals surface area contributed by atoms with Crippen LogP contribution < -0.4 is 9.47 Å². The highest BCUT2D eigenvalue weighted by Gasteiger charge is 2.28. The minimum atomic E-state index is -0.0423. The van der Waals surface area contributed by atoms with E-state index in [0.717, 1.165) is 18.4 Å². The summed E-state index contributed by atoms with van der Waals surface area (Å²) in [6.45, 7) is 6.62. The molecule has 0 radical (unpaired) electrons. The Morgan fingerprint density at radius 1 is 1.28 bits per heavy atom. The summed E-state index contributed by atoms with van der Waals surface area (Å²) in [5, 5.41) is 3.91. The molecule has 1 aliphatic heterocycles. The van der Waals surface area contributed by atoms with Crippen molar-refractivity contribution in [3.63, 3.8) is 0 Å². The Kier molecular flexibility index (Phi) is 7.10. The van der Waals surface area contributed by atoms with Crippen molar-refractivity contribution >= 4 is 12.1 Å². The number of nitrogens with zero attached hydrogens (tertiary/aromatic N) is 2. The number of hydrogen-bond donors (Lipinski definition) is 0. The molecule has 138 valence electrons. The van der Waals surface area contributed by atoms with Gasteiger partial charge < -0.3 is 19.2 Å². The smallest absolute Gasteiger partial charge is 0.263 e. The van der Waals surface area contributed by atoms with Gasteiger partial charge in [0.25, 0.3) is 5.91 Å². The quantitative estimate of drug-likeness (QED) is 0.561. The molecule has 1 fully saturated rings. The van der Waals surface area contributed by atoms with Gasteiger partial charge in [-0.05, 0) is 58.2 Å². The molecular formula is C19H28N2O4. The highest BCUT2D eigenvalue weighted by molar-refractivity contribution is 5.81. The highest BCUT2D eigenvalue weighted by Crippen LogP contribution is 2.27. The number of amides is 1. The van der Waals surface area contributed by atoms with E-state index in [1.807, 2.05) is 30.0 Å². The number of benzene rings is 1. The van der Waals surface area contributed by atoms with Crippen molar-refractivity contribution in [3.8, 4) is 11.5 Å². The fourth-order valence-electron chi connectivity index (χ4n) is 3.22. The molecule has 25 heavy (non-hydrogen) atoms. The Balaban J connectivity index is 1.89. The predicted octanol–water partition coefficient (Wildman–Crippen LogP) is 3.23. The van der Waals surface area contributed by atoms with Gasteiger partial charge in [0.1, 0.15) is 0 Å². The van der Waals surface area contributed by atoms with Gasteiger partial charge in [0.15, 0.2) is 18.1 Å². The first-order chi connectivity index (χ1) is 12.1. The Morgan fingerprint density at radius 2 is 2.00 bits per heavy atom.